The van der Waals surface area contributed by atoms with Crippen LogP contribution in [0.4, 0.5) is 4.79 Å². The number of pyridine rings is 4. The number of fused-ring (bicyclic) bond motifs is 7. The van der Waals surface area contributed by atoms with Gasteiger partial charge in [-0.3, -0.25) is 29.9 Å². The van der Waals surface area contributed by atoms with Crippen molar-refractivity contribution in [1.29, 1.82) is 5.26 Å². The molecule has 0 saturated carbocycles. The zero-order valence-electron chi connectivity index (χ0n) is 49.0. The van der Waals surface area contributed by atoms with Crippen molar-refractivity contribution in [2.45, 2.75) is 52.0 Å². The molecule has 0 aliphatic carbocycles. The highest BCUT2D eigenvalue weighted by Gasteiger charge is 2.48. The van der Waals surface area contributed by atoms with Crippen LogP contribution >= 0.6 is 63.7 Å². The Morgan fingerprint density at radius 2 is 1.19 bits per heavy atom. The number of nitrogens with one attached hydrogen (secondary N) is 2. The number of carbonyl (C=O) groups excluding carboxylic acids is 3. The number of hydrogen-bond acceptors (Lipinski definition) is 14. The van der Waals surface area contributed by atoms with Gasteiger partial charge in [0.25, 0.3) is 11.8 Å². The first-order valence-electron chi connectivity index (χ1n) is 27.3. The third-order valence-corrected chi connectivity index (χ3v) is 16.2. The van der Waals surface area contributed by atoms with E-state index in [1.807, 2.05) is 105 Å². The molecule has 8 heterocycles. The van der Waals surface area contributed by atoms with Crippen LogP contribution in [0.15, 0.2) is 194 Å². The Balaban J connectivity index is 0.000000178. The van der Waals surface area contributed by atoms with Gasteiger partial charge in [0.05, 0.1) is 19.3 Å². The highest BCUT2D eigenvalue weighted by molar-refractivity contribution is 9.11. The van der Waals surface area contributed by atoms with Crippen molar-refractivity contribution in [1.82, 2.24) is 35.5 Å². The minimum absolute atomic E-state index is 0.0733. The molecule has 17 nitrogen and oxygen atoms in total. The van der Waals surface area contributed by atoms with E-state index in [1.165, 1.54) is 28.7 Å². The van der Waals surface area contributed by atoms with E-state index in [1.54, 1.807) is 55.0 Å². The van der Waals surface area contributed by atoms with Crippen molar-refractivity contribution in [3.05, 3.63) is 233 Å². The van der Waals surface area contributed by atoms with Crippen LogP contribution in [0.2, 0.25) is 0 Å². The molecule has 1 fully saturated rings. The molecule has 1 saturated heterocycles. The smallest absolute Gasteiger partial charge is 0.488 e. The van der Waals surface area contributed by atoms with Gasteiger partial charge < -0.3 is 39.6 Å². The van der Waals surface area contributed by atoms with E-state index >= 15 is 0 Å². The van der Waals surface area contributed by atoms with Crippen LogP contribution in [0.25, 0.3) is 33.8 Å². The standard InChI is InChI=1S/C28H22N4O5.C13H10BrNO.C12H10BrN.C6H6BBrO2.C6H6BrN.CHN.CH4O/c1-16-21-12-17(5-8-20(21)24-23(37-16)4-3-11-29-24)9-10-28(26(34)30-27(35)31-28)15-32-14-18-6-7-19(36-2)13-22(18)25(32)33;1-8-11-7-9(14)4-5-10(11)13-12(16-8)3-2-6-15-13;1-9-3-2-8-14-12(9)10-4-6-11(13)7-5-10;8-6-3-1-5(2-4-6)7(9)10;1-5-3-2-4-8-6(5)7;2*1-2/h3-8,11-13,16H,14-15H2,1-2H3,(H2,30,31,34,35);2-8H,1H3;2-8H,1H3;1-4,9-10H;2-4H,1H3;1H;2H,1H3/t16?,28-;;;;;;/m1....../s1. The predicted octanol–water partition coefficient (Wildman–Crippen LogP) is 12.6. The molecule has 4 aromatic heterocycles. The number of amides is 4. The molecule has 13 rings (SSSR count). The maximum absolute atomic E-state index is 13.1. The summed E-state index contributed by atoms with van der Waals surface area (Å²) in [7, 11) is 1.16. The Bertz CT molecular complexity index is 4040. The normalized spacial score (nSPS) is 15.4. The number of carbonyl (C=O) groups is 3. The molecular formula is C67H59BBr4N8O9. The van der Waals surface area contributed by atoms with Crippen LogP contribution in [0.5, 0.6) is 17.2 Å². The molecule has 0 bridgehead atoms. The molecular weight excluding hydrogens is 1390 g/mol. The number of aromatic nitrogens is 4. The second-order valence-electron chi connectivity index (χ2n) is 19.7. The Kier molecular flexibility index (Phi) is 24.5. The van der Waals surface area contributed by atoms with Crippen molar-refractivity contribution in [3.63, 3.8) is 0 Å². The second-order valence-corrected chi connectivity index (χ2v) is 23.2. The van der Waals surface area contributed by atoms with Crippen LogP contribution in [0.3, 0.4) is 0 Å². The van der Waals surface area contributed by atoms with Gasteiger partial charge in [-0.05, 0) is 163 Å². The molecule has 4 aliphatic heterocycles. The number of urea groups is 1. The zero-order chi connectivity index (χ0) is 64.4. The van der Waals surface area contributed by atoms with Gasteiger partial charge in [-0.2, -0.15) is 0 Å². The van der Waals surface area contributed by atoms with Crippen molar-refractivity contribution in [2.24, 2.45) is 0 Å². The molecule has 0 radical (unpaired) electrons. The van der Waals surface area contributed by atoms with Crippen molar-refractivity contribution < 1.29 is 43.7 Å². The average Bonchev–Trinajstić information content (AvgIpc) is 2.51. The van der Waals surface area contributed by atoms with Gasteiger partial charge in [-0.15, -0.1) is 0 Å². The summed E-state index contributed by atoms with van der Waals surface area (Å²) in [5.74, 6) is 7.30. The fourth-order valence-electron chi connectivity index (χ4n) is 9.45. The predicted molar refractivity (Wildman–Crippen MR) is 357 cm³/mol. The summed E-state index contributed by atoms with van der Waals surface area (Å²) < 4.78 is 21.1. The number of aliphatic hydroxyl groups is 1. The summed E-state index contributed by atoms with van der Waals surface area (Å²) in [4.78, 5) is 56.9. The summed E-state index contributed by atoms with van der Waals surface area (Å²) in [6.45, 7) is 11.8. The number of methoxy groups -OCH3 is 1. The number of aryl methyl sites for hydroxylation is 2. The second kappa shape index (κ2) is 32.1. The summed E-state index contributed by atoms with van der Waals surface area (Å²) in [6, 6.07) is 47.1. The maximum atomic E-state index is 13.1. The molecule has 5 aromatic carbocycles. The van der Waals surface area contributed by atoms with E-state index in [0.29, 0.717) is 28.9 Å². The minimum atomic E-state index is -1.59. The lowest BCUT2D eigenvalue weighted by molar-refractivity contribution is -0.122. The third kappa shape index (κ3) is 17.2. The van der Waals surface area contributed by atoms with Crippen LogP contribution in [0.1, 0.15) is 69.8 Å². The van der Waals surface area contributed by atoms with Crippen LogP contribution in [-0.4, -0.2) is 91.3 Å². The molecule has 452 valence electrons. The molecule has 9 aromatic rings. The van der Waals surface area contributed by atoms with Crippen LogP contribution in [-0.2, 0) is 11.3 Å². The summed E-state index contributed by atoms with van der Waals surface area (Å²) in [5.41, 5.74) is 11.4. The Hall–Kier alpha value is -8.58. The van der Waals surface area contributed by atoms with Crippen molar-refractivity contribution >= 4 is 94.1 Å². The Morgan fingerprint density at radius 3 is 1.72 bits per heavy atom. The highest BCUT2D eigenvalue weighted by Crippen LogP contribution is 2.43. The molecule has 22 heteroatoms. The molecule has 2 unspecified atom stereocenters. The van der Waals surface area contributed by atoms with Gasteiger partial charge >= 0.3 is 13.1 Å². The molecule has 3 atom stereocenters. The fraction of sp³-hybridized carbons (Fsp3) is 0.164. The SMILES string of the molecule is C#N.CC1Oc2cccnc2-c2ccc(Br)cc21.CO.COc1ccc2c(c1)C(=O)N(C[C@@]1(C#Cc3ccc4c(c3)C(C)Oc3cccnc3-4)NC(=O)NC1=O)C2.Cc1cccnc1-c1ccc(Br)cc1.Cc1cccnc1Br.OB(O)c1ccc(Br)cc1. The van der Waals surface area contributed by atoms with Crippen LogP contribution < -0.4 is 30.3 Å². The van der Waals surface area contributed by atoms with Crippen molar-refractivity contribution in [3.8, 4) is 69.4 Å². The number of nitrogens with zero attached hydrogens (tertiary/aromatic N) is 6. The number of nitriles is 1. The lowest BCUT2D eigenvalue weighted by atomic mass is 9.81. The summed E-state index contributed by atoms with van der Waals surface area (Å²) in [6.07, 6.45) is 6.96. The summed E-state index contributed by atoms with van der Waals surface area (Å²) in [5, 5.41) is 35.7. The van der Waals surface area contributed by atoms with Gasteiger partial charge in [0, 0.05) is 97.4 Å². The number of rotatable bonds is 5. The molecule has 89 heavy (non-hydrogen) atoms. The number of imide groups is 1. The number of aliphatic hydroxyl groups excluding tert-OH is 1. The third-order valence-electron chi connectivity index (χ3n) is 13.8. The Morgan fingerprint density at radius 1 is 0.663 bits per heavy atom. The molecule has 0 spiro atoms. The topological polar surface area (TPSA) is 242 Å². The quantitative estimate of drug-likeness (QED) is 0.0466. The number of benzene rings is 5. The van der Waals surface area contributed by atoms with E-state index in [0.717, 1.165) is 81.5 Å². The van der Waals surface area contributed by atoms with Gasteiger partial charge in [0.1, 0.15) is 45.4 Å². The number of hydrogen-bond donors (Lipinski definition) is 5. The lowest BCUT2D eigenvalue weighted by Crippen LogP contribution is -2.54. The fourth-order valence-corrected chi connectivity index (χ4v) is 10.6. The van der Waals surface area contributed by atoms with Gasteiger partial charge in [0.15, 0.2) is 0 Å². The molecule has 4 aliphatic rings. The monoisotopic (exact) mass is 1450 g/mol. The lowest BCUT2D eigenvalue weighted by Gasteiger charge is -2.26. The Labute approximate surface area is 550 Å². The summed E-state index contributed by atoms with van der Waals surface area (Å²) >= 11 is 13.4. The van der Waals surface area contributed by atoms with E-state index in [-0.39, 0.29) is 24.7 Å². The van der Waals surface area contributed by atoms with E-state index in [2.05, 4.69) is 157 Å². The average molecular weight is 1450 g/mol. The van der Waals surface area contributed by atoms with E-state index < -0.39 is 24.6 Å². The largest absolute Gasteiger partial charge is 0.497 e. The maximum Gasteiger partial charge on any atom is 0.488 e. The van der Waals surface area contributed by atoms with E-state index in [9.17, 15) is 14.4 Å². The van der Waals surface area contributed by atoms with Crippen molar-refractivity contribution in [2.75, 3.05) is 20.8 Å². The van der Waals surface area contributed by atoms with E-state index in [4.69, 9.17) is 34.6 Å². The van der Waals surface area contributed by atoms with Gasteiger partial charge in [-0.1, -0.05) is 114 Å². The highest BCUT2D eigenvalue weighted by atomic mass is 79.9. The molecule has 5 N–H and O–H groups in total. The van der Waals surface area contributed by atoms with Gasteiger partial charge in [-0.25, -0.2) is 15.0 Å². The minimum Gasteiger partial charge on any atom is -0.497 e. The number of ether oxygens (including phenoxy) is 3. The van der Waals surface area contributed by atoms with Gasteiger partial charge in [0.2, 0.25) is 5.54 Å². The molecule has 4 amide bonds. The first-order chi connectivity index (χ1) is 42.9. The first-order valence-corrected chi connectivity index (χ1v) is 30.4. The zero-order valence-corrected chi connectivity index (χ0v) is 55.3. The first kappa shape index (κ1) is 67.9. The van der Waals surface area contributed by atoms with Crippen LogP contribution in [0, 0.1) is 37.5 Å². The number of halogens is 4.